The fourth-order valence-corrected chi connectivity index (χ4v) is 4.19. The van der Waals surface area contributed by atoms with E-state index in [9.17, 15) is 9.59 Å². The molecule has 2 heterocycles. The fraction of sp³-hybridized carbons (Fsp3) is 0.450. The summed E-state index contributed by atoms with van der Waals surface area (Å²) < 4.78 is 1.48. The molecule has 8 nitrogen and oxygen atoms in total. The molecule has 2 aliphatic rings. The first kappa shape index (κ1) is 18.5. The number of nitrogens with two attached hydrogens (primary N) is 1. The highest BCUT2D eigenvalue weighted by Gasteiger charge is 2.48. The van der Waals surface area contributed by atoms with Gasteiger partial charge in [-0.15, -0.1) is 0 Å². The van der Waals surface area contributed by atoms with Crippen LogP contribution in [0, 0.1) is 0 Å². The van der Waals surface area contributed by atoms with Gasteiger partial charge in [-0.3, -0.25) is 9.47 Å². The van der Waals surface area contributed by atoms with Gasteiger partial charge in [0, 0.05) is 30.9 Å². The minimum atomic E-state index is -0.935. The van der Waals surface area contributed by atoms with Crippen molar-refractivity contribution in [3.63, 3.8) is 0 Å². The molecule has 1 aliphatic carbocycles. The van der Waals surface area contributed by atoms with Crippen molar-refractivity contribution in [2.75, 3.05) is 18.8 Å². The van der Waals surface area contributed by atoms with Crippen molar-refractivity contribution in [1.29, 1.82) is 0 Å². The molecule has 1 aromatic carbocycles. The lowest BCUT2D eigenvalue weighted by molar-refractivity contribution is 0.123. The van der Waals surface area contributed by atoms with Gasteiger partial charge in [-0.2, -0.15) is 4.98 Å². The van der Waals surface area contributed by atoms with Gasteiger partial charge >= 0.3 is 11.8 Å². The molecule has 1 saturated heterocycles. The van der Waals surface area contributed by atoms with Gasteiger partial charge in [0.2, 0.25) is 0 Å². The molecule has 4 N–H and O–H groups in total. The number of likely N-dealkylation sites (tertiary alicyclic amines) is 1. The molecule has 1 aromatic heterocycles. The first-order chi connectivity index (χ1) is 13.4. The Balaban J connectivity index is 1.41. The van der Waals surface area contributed by atoms with E-state index in [1.165, 1.54) is 23.0 Å². The predicted molar refractivity (Wildman–Crippen MR) is 106 cm³/mol. The van der Waals surface area contributed by atoms with Crippen LogP contribution in [0.25, 0.3) is 5.69 Å². The molecule has 0 spiro atoms. The van der Waals surface area contributed by atoms with Crippen LogP contribution in [0.1, 0.15) is 31.2 Å². The van der Waals surface area contributed by atoms with Crippen LogP contribution >= 0.6 is 0 Å². The second-order valence-corrected chi connectivity index (χ2v) is 7.78. The van der Waals surface area contributed by atoms with Crippen molar-refractivity contribution < 1.29 is 9.90 Å². The zero-order chi connectivity index (χ0) is 19.7. The highest BCUT2D eigenvalue weighted by atomic mass is 16.4. The molecule has 0 unspecified atom stereocenters. The van der Waals surface area contributed by atoms with Gasteiger partial charge in [0.25, 0.3) is 0 Å². The number of nitrogens with zero attached hydrogens (tertiary/aromatic N) is 3. The Kier molecular flexibility index (Phi) is 4.80. The Morgan fingerprint density at radius 3 is 2.46 bits per heavy atom. The minimum Gasteiger partial charge on any atom is -0.465 e. The zero-order valence-corrected chi connectivity index (χ0v) is 15.7. The number of carboxylic acid groups (broad SMARTS) is 1. The van der Waals surface area contributed by atoms with Gasteiger partial charge in [-0.05, 0) is 55.9 Å². The maximum Gasteiger partial charge on any atom is 0.404 e. The van der Waals surface area contributed by atoms with Gasteiger partial charge in [0.1, 0.15) is 5.82 Å². The molecule has 1 amide bonds. The Morgan fingerprint density at radius 2 is 1.89 bits per heavy atom. The van der Waals surface area contributed by atoms with E-state index in [2.05, 4.69) is 27.3 Å². The molecule has 1 aliphatic heterocycles. The topological polar surface area (TPSA) is 113 Å². The van der Waals surface area contributed by atoms with Crippen LogP contribution in [0.4, 0.5) is 10.6 Å². The Morgan fingerprint density at radius 1 is 1.21 bits per heavy atom. The monoisotopic (exact) mass is 383 g/mol. The van der Waals surface area contributed by atoms with Crippen molar-refractivity contribution in [2.24, 2.45) is 0 Å². The summed E-state index contributed by atoms with van der Waals surface area (Å²) in [6.45, 7) is 1.85. The second kappa shape index (κ2) is 7.27. The normalized spacial score (nSPS) is 19.3. The molecule has 1 saturated carbocycles. The van der Waals surface area contributed by atoms with E-state index in [1.54, 1.807) is 12.3 Å². The van der Waals surface area contributed by atoms with Crippen LogP contribution in [0.5, 0.6) is 0 Å². The minimum absolute atomic E-state index is 0.0654. The third-order valence-electron chi connectivity index (χ3n) is 5.89. The van der Waals surface area contributed by atoms with Gasteiger partial charge < -0.3 is 16.2 Å². The summed E-state index contributed by atoms with van der Waals surface area (Å²) in [6.07, 6.45) is 5.74. The average molecular weight is 383 g/mol. The maximum absolute atomic E-state index is 12.0. The molecular formula is C20H25N5O3. The average Bonchev–Trinajstić information content (AvgIpc) is 3.43. The molecule has 148 valence electrons. The first-order valence-electron chi connectivity index (χ1n) is 9.64. The highest BCUT2D eigenvalue weighted by Crippen LogP contribution is 2.45. The molecule has 0 radical (unpaired) electrons. The summed E-state index contributed by atoms with van der Waals surface area (Å²) in [5.74, 6) is 0.218. The summed E-state index contributed by atoms with van der Waals surface area (Å²) in [7, 11) is 0. The van der Waals surface area contributed by atoms with E-state index in [1.807, 2.05) is 12.1 Å². The van der Waals surface area contributed by atoms with Gasteiger partial charge in [-0.1, -0.05) is 12.1 Å². The van der Waals surface area contributed by atoms with Gasteiger partial charge in [-0.25, -0.2) is 9.59 Å². The van der Waals surface area contributed by atoms with Crippen LogP contribution < -0.4 is 16.7 Å². The second-order valence-electron chi connectivity index (χ2n) is 7.78. The molecule has 0 atom stereocenters. The van der Waals surface area contributed by atoms with E-state index in [0.717, 1.165) is 38.0 Å². The van der Waals surface area contributed by atoms with E-state index >= 15 is 0 Å². The summed E-state index contributed by atoms with van der Waals surface area (Å²) in [5.41, 5.74) is 7.38. The van der Waals surface area contributed by atoms with Crippen molar-refractivity contribution in [3.05, 3.63) is 52.6 Å². The zero-order valence-electron chi connectivity index (χ0n) is 15.7. The maximum atomic E-state index is 12.0. The molecule has 2 aromatic rings. The summed E-state index contributed by atoms with van der Waals surface area (Å²) in [5, 5.41) is 11.5. The predicted octanol–water partition coefficient (Wildman–Crippen LogP) is 1.62. The number of anilines is 1. The lowest BCUT2D eigenvalue weighted by Gasteiger charge is -2.38. The summed E-state index contributed by atoms with van der Waals surface area (Å²) >= 11 is 0. The van der Waals surface area contributed by atoms with Crippen molar-refractivity contribution in [2.45, 2.75) is 43.7 Å². The number of hydrogen-bond donors (Lipinski definition) is 3. The first-order valence-corrected chi connectivity index (χ1v) is 9.64. The number of benzene rings is 1. The van der Waals surface area contributed by atoms with Crippen LogP contribution in [0.2, 0.25) is 0 Å². The molecule has 2 fully saturated rings. The largest absolute Gasteiger partial charge is 0.465 e. The number of rotatable bonds is 5. The Bertz CT molecular complexity index is 912. The quantitative estimate of drug-likeness (QED) is 0.723. The standard InChI is InChI=1S/C20H25N5O3/c21-17-7-12-25(18(26)23-17)16-3-1-14(2-4-16)13-20(8-9-20)24-10-5-15(6-11-24)22-19(27)28/h1-4,7,12,15,22H,5-6,8-11,13H2,(H,27,28)(H2,21,23,26). The van der Waals surface area contributed by atoms with Crippen molar-refractivity contribution in [1.82, 2.24) is 19.8 Å². The Labute approximate surface area is 163 Å². The van der Waals surface area contributed by atoms with E-state index in [4.69, 9.17) is 10.8 Å². The third kappa shape index (κ3) is 3.87. The third-order valence-corrected chi connectivity index (χ3v) is 5.89. The summed E-state index contributed by atoms with van der Waals surface area (Å²) in [4.78, 5) is 29.1. The van der Waals surface area contributed by atoms with Crippen molar-refractivity contribution in [3.8, 4) is 5.69 Å². The van der Waals surface area contributed by atoms with Crippen LogP contribution in [-0.2, 0) is 6.42 Å². The lowest BCUT2D eigenvalue weighted by atomic mass is 9.97. The molecule has 0 bridgehead atoms. The molecule has 28 heavy (non-hydrogen) atoms. The molecule has 4 rings (SSSR count). The van der Waals surface area contributed by atoms with Crippen molar-refractivity contribution >= 4 is 11.9 Å². The number of carbonyl (C=O) groups is 1. The SMILES string of the molecule is Nc1ccn(-c2ccc(CC3(N4CCC(NC(=O)O)CC4)CC3)cc2)c(=O)n1. The number of hydrogen-bond acceptors (Lipinski definition) is 5. The van der Waals surface area contributed by atoms with Crippen LogP contribution in [0.15, 0.2) is 41.3 Å². The van der Waals surface area contributed by atoms with Gasteiger partial charge in [0.15, 0.2) is 0 Å². The van der Waals surface area contributed by atoms with E-state index < -0.39 is 6.09 Å². The number of nitrogens with one attached hydrogen (secondary N) is 1. The molecular weight excluding hydrogens is 358 g/mol. The summed E-state index contributed by atoms with van der Waals surface area (Å²) in [6, 6.07) is 9.68. The number of aromatic nitrogens is 2. The van der Waals surface area contributed by atoms with Gasteiger partial charge in [0.05, 0.1) is 5.69 Å². The number of amides is 1. The van der Waals surface area contributed by atoms with Crippen LogP contribution in [0.3, 0.4) is 0 Å². The van der Waals surface area contributed by atoms with E-state index in [-0.39, 0.29) is 23.1 Å². The highest BCUT2D eigenvalue weighted by molar-refractivity contribution is 5.64. The van der Waals surface area contributed by atoms with E-state index in [0.29, 0.717) is 0 Å². The van der Waals surface area contributed by atoms with Crippen LogP contribution in [-0.4, -0.2) is 50.3 Å². The lowest BCUT2D eigenvalue weighted by Crippen LogP contribution is -2.49. The smallest absolute Gasteiger partial charge is 0.404 e. The Hall–Kier alpha value is -2.87. The number of nitrogen functional groups attached to an aromatic ring is 1. The molecule has 8 heteroatoms. The fourth-order valence-electron chi connectivity index (χ4n) is 4.19. The number of piperidine rings is 1.